The van der Waals surface area contributed by atoms with E-state index in [2.05, 4.69) is 5.32 Å². The third-order valence-corrected chi connectivity index (χ3v) is 3.37. The first-order valence-corrected chi connectivity index (χ1v) is 7.62. The Labute approximate surface area is 148 Å². The van der Waals surface area contributed by atoms with Crippen molar-refractivity contribution in [3.63, 3.8) is 0 Å². The van der Waals surface area contributed by atoms with Crippen LogP contribution in [0, 0.1) is 11.3 Å². The van der Waals surface area contributed by atoms with Gasteiger partial charge in [-0.05, 0) is 29.3 Å². The Bertz CT molecular complexity index is 825. The van der Waals surface area contributed by atoms with E-state index in [-0.39, 0.29) is 24.3 Å². The molecule has 0 fully saturated rings. The maximum Gasteiger partial charge on any atom is 0.416 e. The van der Waals surface area contributed by atoms with E-state index in [0.29, 0.717) is 0 Å². The Morgan fingerprint density at radius 2 is 1.92 bits per heavy atom. The number of amides is 1. The van der Waals surface area contributed by atoms with Crippen LogP contribution >= 0.6 is 0 Å². The number of alkyl halides is 3. The van der Waals surface area contributed by atoms with Crippen LogP contribution in [0.4, 0.5) is 18.0 Å². The van der Waals surface area contributed by atoms with E-state index in [9.17, 15) is 18.0 Å². The van der Waals surface area contributed by atoms with E-state index in [4.69, 9.17) is 10.00 Å². The average molecular weight is 360 g/mol. The third-order valence-electron chi connectivity index (χ3n) is 3.37. The minimum Gasteiger partial charge on any atom is -0.445 e. The lowest BCUT2D eigenvalue weighted by Crippen LogP contribution is -2.24. The van der Waals surface area contributed by atoms with Crippen molar-refractivity contribution in [2.75, 3.05) is 6.54 Å². The highest BCUT2D eigenvalue weighted by molar-refractivity contribution is 5.68. The minimum atomic E-state index is -4.49. The zero-order valence-electron chi connectivity index (χ0n) is 13.6. The monoisotopic (exact) mass is 360 g/mol. The van der Waals surface area contributed by atoms with E-state index >= 15 is 0 Å². The molecule has 2 aromatic carbocycles. The number of hydrogen-bond acceptors (Lipinski definition) is 3. The third kappa shape index (κ3) is 5.67. The van der Waals surface area contributed by atoms with Gasteiger partial charge in [0.25, 0.3) is 0 Å². The van der Waals surface area contributed by atoms with E-state index in [1.165, 1.54) is 12.2 Å². The first-order valence-electron chi connectivity index (χ1n) is 7.62. The fraction of sp³-hybridized carbons (Fsp3) is 0.158. The highest BCUT2D eigenvalue weighted by atomic mass is 19.4. The molecule has 1 amide bonds. The van der Waals surface area contributed by atoms with Crippen molar-refractivity contribution in [3.05, 3.63) is 76.9 Å². The molecule has 26 heavy (non-hydrogen) atoms. The van der Waals surface area contributed by atoms with Crippen molar-refractivity contribution in [1.82, 2.24) is 5.32 Å². The van der Waals surface area contributed by atoms with Crippen LogP contribution in [0.15, 0.2) is 54.6 Å². The molecule has 0 saturated heterocycles. The SMILES string of the molecule is N#Cc1ccc(C(F)(F)F)cc1C=CCNC(=O)OCc1ccccc1. The number of nitriles is 1. The summed E-state index contributed by atoms with van der Waals surface area (Å²) in [5, 5.41) is 11.4. The molecule has 4 nitrogen and oxygen atoms in total. The lowest BCUT2D eigenvalue weighted by atomic mass is 10.0. The zero-order chi connectivity index (χ0) is 19.0. The summed E-state index contributed by atoms with van der Waals surface area (Å²) >= 11 is 0. The molecule has 0 aromatic heterocycles. The van der Waals surface area contributed by atoms with Crippen molar-refractivity contribution >= 4 is 12.2 Å². The summed E-state index contributed by atoms with van der Waals surface area (Å²) in [4.78, 5) is 11.6. The molecule has 2 rings (SSSR count). The Kier molecular flexibility index (Phi) is 6.39. The van der Waals surface area contributed by atoms with Gasteiger partial charge in [-0.15, -0.1) is 0 Å². The van der Waals surface area contributed by atoms with Crippen LogP contribution in [0.5, 0.6) is 0 Å². The number of carbonyl (C=O) groups excluding carboxylic acids is 1. The number of carbonyl (C=O) groups is 1. The van der Waals surface area contributed by atoms with Crippen LogP contribution in [0.1, 0.15) is 22.3 Å². The van der Waals surface area contributed by atoms with Crippen LogP contribution in [-0.4, -0.2) is 12.6 Å². The van der Waals surface area contributed by atoms with Crippen LogP contribution in [0.3, 0.4) is 0 Å². The highest BCUT2D eigenvalue weighted by Crippen LogP contribution is 2.30. The minimum absolute atomic E-state index is 0.0503. The summed E-state index contributed by atoms with van der Waals surface area (Å²) in [5.74, 6) is 0. The Morgan fingerprint density at radius 3 is 2.58 bits per heavy atom. The largest absolute Gasteiger partial charge is 0.445 e. The van der Waals surface area contributed by atoms with Crippen molar-refractivity contribution in [2.45, 2.75) is 12.8 Å². The normalized spacial score (nSPS) is 11.2. The maximum atomic E-state index is 12.7. The van der Waals surface area contributed by atoms with Gasteiger partial charge in [0.05, 0.1) is 17.2 Å². The molecule has 1 N–H and O–H groups in total. The van der Waals surface area contributed by atoms with Gasteiger partial charge in [-0.2, -0.15) is 18.4 Å². The molecule has 0 aliphatic heterocycles. The average Bonchev–Trinajstić information content (AvgIpc) is 2.63. The molecule has 0 bridgehead atoms. The van der Waals surface area contributed by atoms with Crippen LogP contribution in [-0.2, 0) is 17.5 Å². The molecule has 0 radical (unpaired) electrons. The zero-order valence-corrected chi connectivity index (χ0v) is 13.6. The van der Waals surface area contributed by atoms with Crippen LogP contribution in [0.2, 0.25) is 0 Å². The van der Waals surface area contributed by atoms with Gasteiger partial charge in [-0.3, -0.25) is 0 Å². The smallest absolute Gasteiger partial charge is 0.416 e. The molecule has 7 heteroatoms. The summed E-state index contributed by atoms with van der Waals surface area (Å²) in [5.41, 5.74) is 0.231. The van der Waals surface area contributed by atoms with Gasteiger partial charge in [-0.25, -0.2) is 4.79 Å². The van der Waals surface area contributed by atoms with Gasteiger partial charge in [-0.1, -0.05) is 42.5 Å². The fourth-order valence-electron chi connectivity index (χ4n) is 2.08. The van der Waals surface area contributed by atoms with Gasteiger partial charge < -0.3 is 10.1 Å². The summed E-state index contributed by atoms with van der Waals surface area (Å²) in [6.07, 6.45) is -2.34. The van der Waals surface area contributed by atoms with E-state index in [1.807, 2.05) is 36.4 Å². The lowest BCUT2D eigenvalue weighted by molar-refractivity contribution is -0.137. The Morgan fingerprint density at radius 1 is 1.19 bits per heavy atom. The molecule has 0 saturated carbocycles. The van der Waals surface area contributed by atoms with Crippen molar-refractivity contribution < 1.29 is 22.7 Å². The molecule has 2 aromatic rings. The first-order chi connectivity index (χ1) is 12.4. The quantitative estimate of drug-likeness (QED) is 0.853. The molecule has 134 valence electrons. The highest BCUT2D eigenvalue weighted by Gasteiger charge is 2.30. The molecule has 0 unspecified atom stereocenters. The Balaban J connectivity index is 1.90. The predicted octanol–water partition coefficient (Wildman–Crippen LogP) is 4.52. The second kappa shape index (κ2) is 8.72. The second-order valence-electron chi connectivity index (χ2n) is 5.26. The van der Waals surface area contributed by atoms with E-state index < -0.39 is 17.8 Å². The summed E-state index contributed by atoms with van der Waals surface area (Å²) in [6, 6.07) is 13.8. The van der Waals surface area contributed by atoms with Crippen LogP contribution < -0.4 is 5.32 Å². The molecule has 0 aliphatic rings. The van der Waals surface area contributed by atoms with Gasteiger partial charge in [0.1, 0.15) is 6.61 Å². The van der Waals surface area contributed by atoms with Gasteiger partial charge in [0, 0.05) is 6.54 Å². The van der Waals surface area contributed by atoms with Crippen molar-refractivity contribution in [1.29, 1.82) is 5.26 Å². The first kappa shape index (κ1) is 19.1. The van der Waals surface area contributed by atoms with Gasteiger partial charge in [0.2, 0.25) is 0 Å². The molecular formula is C19H15F3N2O2. The molecule has 0 spiro atoms. The molecular weight excluding hydrogens is 345 g/mol. The number of hydrogen-bond donors (Lipinski definition) is 1. The second-order valence-corrected chi connectivity index (χ2v) is 5.26. The van der Waals surface area contributed by atoms with Crippen molar-refractivity contribution in [2.24, 2.45) is 0 Å². The number of halogens is 3. The fourth-order valence-corrected chi connectivity index (χ4v) is 2.08. The van der Waals surface area contributed by atoms with Crippen molar-refractivity contribution in [3.8, 4) is 6.07 Å². The topological polar surface area (TPSA) is 62.1 Å². The summed E-state index contributed by atoms with van der Waals surface area (Å²) in [6.45, 7) is 0.164. The van der Waals surface area contributed by atoms with Gasteiger partial charge >= 0.3 is 12.3 Å². The number of ether oxygens (including phenoxy) is 1. The number of nitrogens with zero attached hydrogens (tertiary/aromatic N) is 1. The standard InChI is InChI=1S/C19H15F3N2O2/c20-19(21,22)17-9-8-16(12-23)15(11-17)7-4-10-24-18(25)26-13-14-5-2-1-3-6-14/h1-9,11H,10,13H2,(H,24,25). The Hall–Kier alpha value is -3.27. The lowest BCUT2D eigenvalue weighted by Gasteiger charge is -2.08. The van der Waals surface area contributed by atoms with E-state index in [0.717, 1.165) is 23.8 Å². The molecule has 0 aliphatic carbocycles. The number of nitrogens with one attached hydrogen (secondary N) is 1. The molecule has 0 atom stereocenters. The number of benzene rings is 2. The summed E-state index contributed by atoms with van der Waals surface area (Å²) < 4.78 is 43.2. The van der Waals surface area contributed by atoms with Gasteiger partial charge in [0.15, 0.2) is 0 Å². The predicted molar refractivity (Wildman–Crippen MR) is 89.8 cm³/mol. The van der Waals surface area contributed by atoms with E-state index in [1.54, 1.807) is 0 Å². The number of alkyl carbamates (subject to hydrolysis) is 1. The summed E-state index contributed by atoms with van der Waals surface area (Å²) in [7, 11) is 0. The maximum absolute atomic E-state index is 12.7. The number of rotatable bonds is 5. The molecule has 0 heterocycles. The van der Waals surface area contributed by atoms with Crippen LogP contribution in [0.25, 0.3) is 6.08 Å².